The number of amides is 2. The number of halogens is 6. The molecule has 0 bridgehead atoms. The third-order valence-corrected chi connectivity index (χ3v) is 6.65. The fourth-order valence-corrected chi connectivity index (χ4v) is 4.58. The van der Waals surface area contributed by atoms with Gasteiger partial charge in [0.25, 0.3) is 11.8 Å². The quantitative estimate of drug-likeness (QED) is 0.110. The molecule has 0 aliphatic carbocycles. The number of anilines is 1. The van der Waals surface area contributed by atoms with Crippen molar-refractivity contribution in [3.63, 3.8) is 0 Å². The van der Waals surface area contributed by atoms with Gasteiger partial charge in [-0.25, -0.2) is 9.67 Å². The molecule has 0 saturated heterocycles. The van der Waals surface area contributed by atoms with Crippen molar-refractivity contribution >= 4 is 69.9 Å². The highest BCUT2D eigenvalue weighted by molar-refractivity contribution is 7.98. The van der Waals surface area contributed by atoms with E-state index in [1.54, 1.807) is 6.07 Å². The molecule has 2 heterocycles. The molecule has 0 aliphatic heterocycles. The van der Waals surface area contributed by atoms with Gasteiger partial charge >= 0.3 is 6.18 Å². The van der Waals surface area contributed by atoms with Gasteiger partial charge in [0.05, 0.1) is 27.0 Å². The lowest BCUT2D eigenvalue weighted by Gasteiger charge is -2.17. The average Bonchev–Trinajstić information content (AvgIpc) is 3.31. The van der Waals surface area contributed by atoms with E-state index in [1.165, 1.54) is 42.2 Å². The molecule has 2 aromatic heterocycles. The second-order valence-electron chi connectivity index (χ2n) is 8.21. The number of amidine groups is 1. The van der Waals surface area contributed by atoms with Crippen LogP contribution < -0.4 is 16.4 Å². The van der Waals surface area contributed by atoms with E-state index in [4.69, 9.17) is 40.5 Å². The van der Waals surface area contributed by atoms with Crippen LogP contribution in [0.2, 0.25) is 15.1 Å². The molecular formula is C23H21Cl3F3N9O2S. The Kier molecular flexibility index (Phi) is 11.0. The Morgan fingerprint density at radius 3 is 2.56 bits per heavy atom. The Morgan fingerprint density at radius 1 is 1.17 bits per heavy atom. The first kappa shape index (κ1) is 32.1. The number of aromatic nitrogens is 3. The summed E-state index contributed by atoms with van der Waals surface area (Å²) in [4.78, 5) is 30.7. The molecule has 0 radical (unpaired) electrons. The molecule has 4 N–H and O–H groups in total. The molecule has 218 valence electrons. The maximum atomic E-state index is 13.5. The summed E-state index contributed by atoms with van der Waals surface area (Å²) in [5.74, 6) is -2.29. The number of alkyl halides is 3. The predicted octanol–water partition coefficient (Wildman–Crippen LogP) is 5.75. The Morgan fingerprint density at radius 2 is 1.90 bits per heavy atom. The van der Waals surface area contributed by atoms with Crippen molar-refractivity contribution in [2.45, 2.75) is 25.7 Å². The van der Waals surface area contributed by atoms with Crippen molar-refractivity contribution < 1.29 is 22.8 Å². The van der Waals surface area contributed by atoms with Crippen molar-refractivity contribution in [3.8, 4) is 5.82 Å². The maximum Gasteiger partial charge on any atom is 0.450 e. The smallest absolute Gasteiger partial charge is 0.378 e. The Balaban J connectivity index is 1.98. The number of rotatable bonds is 10. The van der Waals surface area contributed by atoms with Crippen LogP contribution in [0.25, 0.3) is 5.82 Å². The zero-order valence-corrected chi connectivity index (χ0v) is 24.3. The summed E-state index contributed by atoms with van der Waals surface area (Å²) >= 11 is 20.3. The number of nitrogens with one attached hydrogen (secondary N) is 2. The summed E-state index contributed by atoms with van der Waals surface area (Å²) in [5, 5.41) is 19.3. The van der Waals surface area contributed by atoms with Crippen LogP contribution in [0.5, 0.6) is 0 Å². The summed E-state index contributed by atoms with van der Waals surface area (Å²) in [6.07, 6.45) is -1.57. The number of carbonyl (C=O) groups is 2. The van der Waals surface area contributed by atoms with Crippen LogP contribution in [0.3, 0.4) is 0 Å². The molecule has 18 heteroatoms. The highest BCUT2D eigenvalue weighted by Crippen LogP contribution is 2.31. The summed E-state index contributed by atoms with van der Waals surface area (Å²) in [5.41, 5.74) is 4.75. The van der Waals surface area contributed by atoms with Crippen LogP contribution in [0.4, 0.5) is 18.9 Å². The minimum absolute atomic E-state index is 0.00964. The Hall–Kier alpha value is -3.40. The molecule has 3 aromatic rings. The SMILES string of the molecule is CSCC(C)NC(=O)c1cc(Cl)cc(Cl)c1NC(=O)c1cc(CN=NN=C(N)C(F)(F)F)nn1-c1ncccc1Cl. The van der Waals surface area contributed by atoms with Crippen molar-refractivity contribution in [1.29, 1.82) is 0 Å². The third kappa shape index (κ3) is 8.55. The summed E-state index contributed by atoms with van der Waals surface area (Å²) in [6, 6.07) is 6.86. The summed E-state index contributed by atoms with van der Waals surface area (Å²) in [7, 11) is 0. The van der Waals surface area contributed by atoms with Gasteiger partial charge < -0.3 is 16.4 Å². The van der Waals surface area contributed by atoms with E-state index < -0.39 is 23.8 Å². The number of thioether (sulfide) groups is 1. The molecule has 3 rings (SSSR count). The number of nitrogens with two attached hydrogens (primary N) is 1. The molecule has 0 spiro atoms. The van der Waals surface area contributed by atoms with Crippen LogP contribution in [0, 0.1) is 0 Å². The lowest BCUT2D eigenvalue weighted by atomic mass is 10.1. The molecular weight excluding hydrogens is 630 g/mol. The van der Waals surface area contributed by atoms with Gasteiger partial charge in [0, 0.05) is 23.0 Å². The fraction of sp³-hybridized carbons (Fsp3) is 0.261. The molecule has 2 amide bonds. The van der Waals surface area contributed by atoms with Crippen molar-refractivity contribution in [2.24, 2.45) is 21.2 Å². The van der Waals surface area contributed by atoms with Gasteiger partial charge in [-0.2, -0.15) is 35.1 Å². The molecule has 0 saturated carbocycles. The van der Waals surface area contributed by atoms with E-state index >= 15 is 0 Å². The van der Waals surface area contributed by atoms with E-state index in [-0.39, 0.29) is 56.1 Å². The molecule has 1 atom stereocenters. The van der Waals surface area contributed by atoms with E-state index in [2.05, 4.69) is 36.2 Å². The van der Waals surface area contributed by atoms with Gasteiger partial charge in [0.2, 0.25) is 5.84 Å². The van der Waals surface area contributed by atoms with Crippen LogP contribution in [-0.2, 0) is 6.54 Å². The van der Waals surface area contributed by atoms with E-state index in [1.807, 2.05) is 13.2 Å². The van der Waals surface area contributed by atoms with Gasteiger partial charge in [-0.1, -0.05) is 34.8 Å². The zero-order chi connectivity index (χ0) is 30.3. The van der Waals surface area contributed by atoms with E-state index in [0.717, 1.165) is 4.68 Å². The van der Waals surface area contributed by atoms with Crippen molar-refractivity contribution in [1.82, 2.24) is 20.1 Å². The van der Waals surface area contributed by atoms with Crippen LogP contribution in [-0.4, -0.2) is 56.6 Å². The normalized spacial score (nSPS) is 12.9. The third-order valence-electron chi connectivity index (χ3n) is 5.00. The first-order valence-corrected chi connectivity index (χ1v) is 13.9. The second-order valence-corrected chi connectivity index (χ2v) is 10.4. The first-order valence-electron chi connectivity index (χ1n) is 11.4. The number of carbonyl (C=O) groups excluding carboxylic acids is 2. The average molecular weight is 651 g/mol. The number of hydrogen-bond donors (Lipinski definition) is 3. The zero-order valence-electron chi connectivity index (χ0n) is 21.2. The number of benzene rings is 1. The molecule has 0 aliphatic rings. The predicted molar refractivity (Wildman–Crippen MR) is 152 cm³/mol. The molecule has 1 unspecified atom stereocenters. The minimum Gasteiger partial charge on any atom is -0.378 e. The largest absolute Gasteiger partial charge is 0.450 e. The van der Waals surface area contributed by atoms with Gasteiger partial charge in [-0.15, -0.1) is 5.10 Å². The van der Waals surface area contributed by atoms with Crippen LogP contribution in [0.1, 0.15) is 33.5 Å². The van der Waals surface area contributed by atoms with Gasteiger partial charge in [0.1, 0.15) is 12.2 Å². The van der Waals surface area contributed by atoms with Gasteiger partial charge in [-0.05, 0) is 48.7 Å². The Bertz CT molecular complexity index is 1500. The van der Waals surface area contributed by atoms with E-state index in [9.17, 15) is 22.8 Å². The molecule has 0 fully saturated rings. The number of nitrogens with zero attached hydrogens (tertiary/aromatic N) is 6. The number of pyridine rings is 1. The standard InChI is InChI=1S/C23H21Cl3F3N9O2S/c1-11(10-41-2)33-20(39)14-6-12(24)7-16(26)18(14)34-21(40)17-8-13(9-32-37-35-22(30)23(27,28)29)36-38(17)19-15(25)4-3-5-31-19/h3-8,11H,9-10H2,1-2H3,(H,33,39)(H,34,40)(H2,30,32,35). The highest BCUT2D eigenvalue weighted by atomic mass is 35.5. The lowest BCUT2D eigenvalue weighted by Crippen LogP contribution is -2.35. The topological polar surface area (TPSA) is 152 Å². The van der Waals surface area contributed by atoms with Crippen LogP contribution >= 0.6 is 46.6 Å². The monoisotopic (exact) mass is 649 g/mol. The molecule has 1 aromatic carbocycles. The fourth-order valence-electron chi connectivity index (χ4n) is 3.25. The second kappa shape index (κ2) is 14.0. The van der Waals surface area contributed by atoms with Crippen molar-refractivity contribution in [2.75, 3.05) is 17.3 Å². The summed E-state index contributed by atoms with van der Waals surface area (Å²) in [6.45, 7) is 1.44. The van der Waals surface area contributed by atoms with Gasteiger partial charge in [-0.3, -0.25) is 9.59 Å². The number of hydrogen-bond acceptors (Lipinski definition) is 7. The first-order chi connectivity index (χ1) is 19.3. The summed E-state index contributed by atoms with van der Waals surface area (Å²) < 4.78 is 38.6. The lowest BCUT2D eigenvalue weighted by molar-refractivity contribution is -0.0600. The van der Waals surface area contributed by atoms with E-state index in [0.29, 0.717) is 5.75 Å². The maximum absolute atomic E-state index is 13.5. The molecule has 11 nitrogen and oxygen atoms in total. The minimum atomic E-state index is -4.87. The van der Waals surface area contributed by atoms with Gasteiger partial charge in [0.15, 0.2) is 5.82 Å². The highest BCUT2D eigenvalue weighted by Gasteiger charge is 2.34. The van der Waals surface area contributed by atoms with Crippen LogP contribution in [0.15, 0.2) is 52.0 Å². The molecule has 41 heavy (non-hydrogen) atoms. The Labute approximate surface area is 250 Å². The van der Waals surface area contributed by atoms with Crippen molar-refractivity contribution in [3.05, 3.63) is 68.5 Å².